The largest absolute Gasteiger partial charge is 0.337 e. The fourth-order valence-electron chi connectivity index (χ4n) is 2.66. The second-order valence-corrected chi connectivity index (χ2v) is 5.86. The number of urea groups is 1. The summed E-state index contributed by atoms with van der Waals surface area (Å²) in [6, 6.07) is 5.46. The van der Waals surface area contributed by atoms with Gasteiger partial charge < -0.3 is 9.88 Å². The van der Waals surface area contributed by atoms with Gasteiger partial charge in [0, 0.05) is 38.5 Å². The molecule has 26 heavy (non-hydrogen) atoms. The minimum atomic E-state index is -0.482. The molecule has 1 aromatic carbocycles. The maximum Gasteiger partial charge on any atom is 0.324 e. The first-order valence-corrected chi connectivity index (χ1v) is 8.11. The summed E-state index contributed by atoms with van der Waals surface area (Å²) >= 11 is 0. The molecule has 1 aliphatic rings. The van der Waals surface area contributed by atoms with Crippen LogP contribution in [0.1, 0.15) is 12.8 Å². The number of amides is 4. The number of nitrogens with zero attached hydrogens (tertiary/aromatic N) is 3. The molecule has 4 amide bonds. The highest BCUT2D eigenvalue weighted by Crippen LogP contribution is 2.22. The Kier molecular flexibility index (Phi) is 4.97. The van der Waals surface area contributed by atoms with E-state index in [2.05, 4.69) is 15.6 Å². The molecule has 1 aliphatic heterocycles. The van der Waals surface area contributed by atoms with Gasteiger partial charge in [-0.15, -0.1) is 0 Å². The van der Waals surface area contributed by atoms with Gasteiger partial charge >= 0.3 is 6.03 Å². The molecule has 136 valence electrons. The van der Waals surface area contributed by atoms with Crippen LogP contribution in [0, 0.1) is 5.82 Å². The van der Waals surface area contributed by atoms with Crippen LogP contribution in [0.25, 0.3) is 11.3 Å². The first-order valence-electron chi connectivity index (χ1n) is 8.11. The van der Waals surface area contributed by atoms with Gasteiger partial charge in [0.1, 0.15) is 5.82 Å². The van der Waals surface area contributed by atoms with Crippen molar-refractivity contribution < 1.29 is 18.8 Å². The van der Waals surface area contributed by atoms with Crippen molar-refractivity contribution in [2.24, 2.45) is 7.05 Å². The maximum absolute atomic E-state index is 13.0. The molecule has 0 aliphatic carbocycles. The van der Waals surface area contributed by atoms with Gasteiger partial charge in [-0.05, 0) is 24.3 Å². The van der Waals surface area contributed by atoms with Crippen LogP contribution in [-0.4, -0.2) is 45.4 Å². The molecule has 0 bridgehead atoms. The van der Waals surface area contributed by atoms with Crippen molar-refractivity contribution in [3.63, 3.8) is 0 Å². The number of imide groups is 1. The zero-order valence-electron chi connectivity index (χ0n) is 14.2. The Morgan fingerprint density at radius 3 is 2.73 bits per heavy atom. The third-order valence-electron chi connectivity index (χ3n) is 4.10. The number of carbonyl (C=O) groups is 3. The number of hydrogen-bond acceptors (Lipinski definition) is 4. The smallest absolute Gasteiger partial charge is 0.324 e. The standard InChI is InChI=1S/C17H18FN5O3/c1-22-13(11-2-4-12(18)5-3-11)10-20-16(22)21-14(24)7-9-23-15(25)6-8-19-17(23)26/h2-5,10H,6-9H2,1H3,(H,19,26)(H,20,21,24). The number of carbonyl (C=O) groups excluding carboxylic acids is 3. The van der Waals surface area contributed by atoms with Crippen LogP contribution >= 0.6 is 0 Å². The van der Waals surface area contributed by atoms with E-state index in [1.165, 1.54) is 12.1 Å². The van der Waals surface area contributed by atoms with Crippen LogP contribution < -0.4 is 10.6 Å². The van der Waals surface area contributed by atoms with Crippen LogP contribution in [0.3, 0.4) is 0 Å². The number of halogens is 1. The highest BCUT2D eigenvalue weighted by atomic mass is 19.1. The average molecular weight is 359 g/mol. The second kappa shape index (κ2) is 7.34. The van der Waals surface area contributed by atoms with Crippen molar-refractivity contribution in [2.45, 2.75) is 12.8 Å². The van der Waals surface area contributed by atoms with E-state index >= 15 is 0 Å². The molecule has 2 heterocycles. The molecule has 0 atom stereocenters. The summed E-state index contributed by atoms with van der Waals surface area (Å²) < 4.78 is 14.7. The molecule has 3 rings (SSSR count). The van der Waals surface area contributed by atoms with Crippen LogP contribution in [-0.2, 0) is 16.6 Å². The van der Waals surface area contributed by atoms with Gasteiger partial charge in [0.15, 0.2) is 0 Å². The molecule has 0 unspecified atom stereocenters. The summed E-state index contributed by atoms with van der Waals surface area (Å²) in [5.41, 5.74) is 1.48. The summed E-state index contributed by atoms with van der Waals surface area (Å²) in [6.07, 6.45) is 1.77. The topological polar surface area (TPSA) is 96.3 Å². The van der Waals surface area contributed by atoms with Crippen molar-refractivity contribution in [2.75, 3.05) is 18.4 Å². The number of aromatic nitrogens is 2. The fourth-order valence-corrected chi connectivity index (χ4v) is 2.66. The molecule has 0 radical (unpaired) electrons. The van der Waals surface area contributed by atoms with Gasteiger partial charge in [-0.3, -0.25) is 19.8 Å². The highest BCUT2D eigenvalue weighted by molar-refractivity contribution is 5.97. The van der Waals surface area contributed by atoms with Gasteiger partial charge in [0.05, 0.1) is 11.9 Å². The van der Waals surface area contributed by atoms with E-state index in [1.54, 1.807) is 29.9 Å². The minimum absolute atomic E-state index is 0.00570. The predicted octanol–water partition coefficient (Wildman–Crippen LogP) is 1.50. The SMILES string of the molecule is Cn1c(-c2ccc(F)cc2)cnc1NC(=O)CCN1C(=O)CCNC1=O. The molecule has 1 aromatic heterocycles. The summed E-state index contributed by atoms with van der Waals surface area (Å²) in [7, 11) is 1.73. The van der Waals surface area contributed by atoms with Crippen LogP contribution in [0.4, 0.5) is 15.1 Å². The van der Waals surface area contributed by atoms with Gasteiger partial charge in [-0.1, -0.05) is 0 Å². The van der Waals surface area contributed by atoms with Gasteiger partial charge in [0.25, 0.3) is 0 Å². The highest BCUT2D eigenvalue weighted by Gasteiger charge is 2.26. The summed E-state index contributed by atoms with van der Waals surface area (Å²) in [5.74, 6) is -0.669. The Bertz CT molecular complexity index is 831. The van der Waals surface area contributed by atoms with E-state index in [9.17, 15) is 18.8 Å². The minimum Gasteiger partial charge on any atom is -0.337 e. The Hall–Kier alpha value is -3.23. The van der Waals surface area contributed by atoms with E-state index in [4.69, 9.17) is 0 Å². The lowest BCUT2D eigenvalue weighted by Crippen LogP contribution is -2.50. The number of anilines is 1. The van der Waals surface area contributed by atoms with Crippen LogP contribution in [0.5, 0.6) is 0 Å². The average Bonchev–Trinajstić information content (AvgIpc) is 2.96. The lowest BCUT2D eigenvalue weighted by molar-refractivity contribution is -0.129. The van der Waals surface area contributed by atoms with Crippen molar-refractivity contribution in [1.82, 2.24) is 19.8 Å². The van der Waals surface area contributed by atoms with E-state index in [0.29, 0.717) is 18.2 Å². The summed E-state index contributed by atoms with van der Waals surface area (Å²) in [4.78, 5) is 40.7. The first-order chi connectivity index (χ1) is 12.5. The predicted molar refractivity (Wildman–Crippen MR) is 91.6 cm³/mol. The number of benzene rings is 1. The van der Waals surface area contributed by atoms with Crippen LogP contribution in [0.15, 0.2) is 30.5 Å². The first kappa shape index (κ1) is 17.6. The third-order valence-corrected chi connectivity index (χ3v) is 4.10. The van der Waals surface area contributed by atoms with Crippen LogP contribution in [0.2, 0.25) is 0 Å². The molecular formula is C17H18FN5O3. The Labute approximate surface area is 149 Å². The van der Waals surface area contributed by atoms with E-state index in [1.807, 2.05) is 0 Å². The Morgan fingerprint density at radius 2 is 2.04 bits per heavy atom. The quantitative estimate of drug-likeness (QED) is 0.845. The molecule has 2 aromatic rings. The number of hydrogen-bond donors (Lipinski definition) is 2. The lowest BCUT2D eigenvalue weighted by Gasteiger charge is -2.25. The molecule has 0 spiro atoms. The maximum atomic E-state index is 13.0. The Balaban J connectivity index is 1.62. The molecular weight excluding hydrogens is 341 g/mol. The van der Waals surface area contributed by atoms with Gasteiger partial charge in [0.2, 0.25) is 17.8 Å². The zero-order chi connectivity index (χ0) is 18.7. The van der Waals surface area contributed by atoms with E-state index < -0.39 is 6.03 Å². The second-order valence-electron chi connectivity index (χ2n) is 5.86. The molecule has 0 saturated carbocycles. The number of rotatable bonds is 5. The number of nitrogens with one attached hydrogen (secondary N) is 2. The van der Waals surface area contributed by atoms with Crippen molar-refractivity contribution in [3.8, 4) is 11.3 Å². The third kappa shape index (κ3) is 3.71. The van der Waals surface area contributed by atoms with Crippen molar-refractivity contribution in [3.05, 3.63) is 36.3 Å². The molecule has 9 heteroatoms. The fraction of sp³-hybridized carbons (Fsp3) is 0.294. The Morgan fingerprint density at radius 1 is 1.31 bits per heavy atom. The zero-order valence-corrected chi connectivity index (χ0v) is 14.2. The lowest BCUT2D eigenvalue weighted by atomic mass is 10.2. The molecule has 1 fully saturated rings. The summed E-state index contributed by atoms with van der Waals surface area (Å²) in [5, 5.41) is 5.21. The van der Waals surface area contributed by atoms with E-state index in [0.717, 1.165) is 10.5 Å². The monoisotopic (exact) mass is 359 g/mol. The van der Waals surface area contributed by atoms with Crippen molar-refractivity contribution >= 4 is 23.8 Å². The van der Waals surface area contributed by atoms with Gasteiger partial charge in [-0.25, -0.2) is 14.2 Å². The van der Waals surface area contributed by atoms with E-state index in [-0.39, 0.29) is 37.0 Å². The summed E-state index contributed by atoms with van der Waals surface area (Å²) in [6.45, 7) is 0.325. The molecule has 2 N–H and O–H groups in total. The number of imidazole rings is 1. The van der Waals surface area contributed by atoms with Crippen molar-refractivity contribution in [1.29, 1.82) is 0 Å². The molecule has 8 nitrogen and oxygen atoms in total. The van der Waals surface area contributed by atoms with Gasteiger partial charge in [-0.2, -0.15) is 0 Å². The molecule has 1 saturated heterocycles. The normalized spacial score (nSPS) is 14.3.